The summed E-state index contributed by atoms with van der Waals surface area (Å²) in [6.07, 6.45) is -2.45. The van der Waals surface area contributed by atoms with Crippen LogP contribution in [0.25, 0.3) is 0 Å². The van der Waals surface area contributed by atoms with Gasteiger partial charge in [0, 0.05) is 10.9 Å². The average molecular weight is 427 g/mol. The van der Waals surface area contributed by atoms with Crippen molar-refractivity contribution in [2.45, 2.75) is 11.8 Å². The van der Waals surface area contributed by atoms with Crippen LogP contribution in [0, 0.1) is 3.57 Å². The third-order valence-corrected chi connectivity index (χ3v) is 4.39. The highest BCUT2D eigenvalue weighted by Crippen LogP contribution is 2.29. The van der Waals surface area contributed by atoms with Crippen molar-refractivity contribution in [3.63, 3.8) is 0 Å². The van der Waals surface area contributed by atoms with E-state index in [1.165, 1.54) is 6.07 Å². The number of rotatable bonds is 2. The van der Waals surface area contributed by atoms with Gasteiger partial charge in [-0.1, -0.05) is 15.9 Å². The van der Waals surface area contributed by atoms with Gasteiger partial charge < -0.3 is 0 Å². The summed E-state index contributed by atoms with van der Waals surface area (Å²) in [5.74, 6) is 0. The molecule has 0 N–H and O–H groups in total. The molecule has 6 heteroatoms. The first-order valence-electron chi connectivity index (χ1n) is 3.25. The molecule has 0 radical (unpaired) electrons. The summed E-state index contributed by atoms with van der Waals surface area (Å²) >= 11 is 8.15. The Bertz CT molecular complexity index is 320. The fraction of sp³-hybridized carbons (Fsp3) is 0.286. The summed E-state index contributed by atoms with van der Waals surface area (Å²) in [5, 5.41) is 0.474. The molecule has 0 aliphatic heterocycles. The monoisotopic (exact) mass is 425 g/mol. The van der Waals surface area contributed by atoms with Gasteiger partial charge in [-0.2, -0.15) is 0 Å². The summed E-state index contributed by atoms with van der Waals surface area (Å²) in [6.45, 7) is 0. The van der Waals surface area contributed by atoms with Crippen LogP contribution in [-0.4, -0.2) is 4.98 Å². The number of hydrogen-bond donors (Lipinski definition) is 0. The minimum absolute atomic E-state index is 0.0249. The molecule has 0 fully saturated rings. The summed E-state index contributed by atoms with van der Waals surface area (Å²) in [5.41, 5.74) is 0.625. The predicted octanol–water partition coefficient (Wildman–Crippen LogP) is 4.28. The third kappa shape index (κ3) is 2.82. The maximum absolute atomic E-state index is 12.5. The summed E-state index contributed by atoms with van der Waals surface area (Å²) in [6, 6.07) is 1.41. The SMILES string of the molecule is FC(F)c1cc(CBr)nc(Br)c1I. The molecule has 0 atom stereocenters. The minimum atomic E-state index is -2.45. The van der Waals surface area contributed by atoms with Crippen LogP contribution < -0.4 is 0 Å². The standard InChI is InChI=1S/C7H4Br2F2IN/c8-2-3-1-4(7(10)11)5(12)6(9)13-3/h1,7H,2H2. The van der Waals surface area contributed by atoms with Crippen LogP contribution in [0.1, 0.15) is 17.7 Å². The summed E-state index contributed by atoms with van der Waals surface area (Å²) in [7, 11) is 0. The quantitative estimate of drug-likeness (QED) is 0.391. The zero-order chi connectivity index (χ0) is 10.0. The van der Waals surface area contributed by atoms with Crippen LogP contribution in [-0.2, 0) is 5.33 Å². The average Bonchev–Trinajstić information content (AvgIpc) is 2.09. The van der Waals surface area contributed by atoms with Crippen molar-refractivity contribution in [3.8, 4) is 0 Å². The van der Waals surface area contributed by atoms with E-state index in [2.05, 4.69) is 36.8 Å². The van der Waals surface area contributed by atoms with Crippen LogP contribution in [0.2, 0.25) is 0 Å². The van der Waals surface area contributed by atoms with Crippen molar-refractivity contribution in [1.29, 1.82) is 0 Å². The first-order chi connectivity index (χ1) is 6.06. The number of pyridine rings is 1. The predicted molar refractivity (Wildman–Crippen MR) is 62.2 cm³/mol. The molecule has 1 nitrogen and oxygen atoms in total. The van der Waals surface area contributed by atoms with Gasteiger partial charge in [0.25, 0.3) is 6.43 Å². The van der Waals surface area contributed by atoms with Gasteiger partial charge in [0.05, 0.1) is 9.26 Å². The molecular weight excluding hydrogens is 423 g/mol. The second-order valence-electron chi connectivity index (χ2n) is 2.24. The molecule has 0 amide bonds. The first kappa shape index (κ1) is 11.8. The van der Waals surface area contributed by atoms with Crippen molar-refractivity contribution >= 4 is 54.5 Å². The Kier molecular flexibility index (Phi) is 4.50. The van der Waals surface area contributed by atoms with Gasteiger partial charge in [-0.3, -0.25) is 0 Å². The van der Waals surface area contributed by atoms with Gasteiger partial charge in [0.1, 0.15) is 4.60 Å². The number of alkyl halides is 3. The van der Waals surface area contributed by atoms with Gasteiger partial charge in [-0.05, 0) is 44.6 Å². The Hall–Kier alpha value is 0.700. The second kappa shape index (κ2) is 4.97. The second-order valence-corrected chi connectivity index (χ2v) is 4.63. The molecular formula is C7H4Br2F2IN. The lowest BCUT2D eigenvalue weighted by Gasteiger charge is -2.06. The van der Waals surface area contributed by atoms with Gasteiger partial charge >= 0.3 is 0 Å². The van der Waals surface area contributed by atoms with E-state index in [1.54, 1.807) is 0 Å². The lowest BCUT2D eigenvalue weighted by Crippen LogP contribution is -1.97. The molecule has 1 aromatic heterocycles. The highest BCUT2D eigenvalue weighted by molar-refractivity contribution is 14.1. The maximum atomic E-state index is 12.5. The zero-order valence-corrected chi connectivity index (χ0v) is 11.5. The Labute approximate surface area is 105 Å². The summed E-state index contributed by atoms with van der Waals surface area (Å²) in [4.78, 5) is 4.06. The number of nitrogens with zero attached hydrogens (tertiary/aromatic N) is 1. The first-order valence-corrected chi connectivity index (χ1v) is 6.24. The number of halogens is 5. The molecule has 0 spiro atoms. The molecule has 0 bridgehead atoms. The maximum Gasteiger partial charge on any atom is 0.265 e. The van der Waals surface area contributed by atoms with Gasteiger partial charge in [0.15, 0.2) is 0 Å². The Morgan fingerprint density at radius 1 is 1.54 bits per heavy atom. The fourth-order valence-corrected chi connectivity index (χ4v) is 2.05. The molecule has 72 valence electrons. The molecule has 0 aromatic carbocycles. The van der Waals surface area contributed by atoms with Crippen LogP contribution in [0.15, 0.2) is 10.7 Å². The van der Waals surface area contributed by atoms with E-state index in [4.69, 9.17) is 0 Å². The number of aromatic nitrogens is 1. The van der Waals surface area contributed by atoms with Crippen molar-refractivity contribution < 1.29 is 8.78 Å². The van der Waals surface area contributed by atoms with E-state index in [0.29, 0.717) is 19.2 Å². The molecule has 13 heavy (non-hydrogen) atoms. The normalized spacial score (nSPS) is 10.9. The molecule has 0 unspecified atom stereocenters. The highest BCUT2D eigenvalue weighted by Gasteiger charge is 2.15. The molecule has 0 aliphatic carbocycles. The molecule has 0 saturated carbocycles. The van der Waals surface area contributed by atoms with Crippen LogP contribution in [0.4, 0.5) is 8.78 Å². The van der Waals surface area contributed by atoms with E-state index >= 15 is 0 Å². The van der Waals surface area contributed by atoms with E-state index < -0.39 is 6.43 Å². The van der Waals surface area contributed by atoms with E-state index in [0.717, 1.165) is 0 Å². The third-order valence-electron chi connectivity index (χ3n) is 1.37. The van der Waals surface area contributed by atoms with E-state index in [1.807, 2.05) is 22.6 Å². The largest absolute Gasteiger partial charge is 0.265 e. The molecule has 0 aliphatic rings. The Morgan fingerprint density at radius 2 is 2.15 bits per heavy atom. The molecule has 1 rings (SSSR count). The van der Waals surface area contributed by atoms with Crippen LogP contribution >= 0.6 is 54.5 Å². The fourth-order valence-electron chi connectivity index (χ4n) is 0.797. The lowest BCUT2D eigenvalue weighted by atomic mass is 10.2. The van der Waals surface area contributed by atoms with E-state index in [9.17, 15) is 8.78 Å². The van der Waals surface area contributed by atoms with Crippen LogP contribution in [0.5, 0.6) is 0 Å². The smallest absolute Gasteiger partial charge is 0.244 e. The Morgan fingerprint density at radius 3 is 2.62 bits per heavy atom. The Balaban J connectivity index is 3.25. The summed E-state index contributed by atoms with van der Waals surface area (Å²) < 4.78 is 25.9. The van der Waals surface area contributed by atoms with Crippen molar-refractivity contribution in [2.24, 2.45) is 0 Å². The zero-order valence-electron chi connectivity index (χ0n) is 6.20. The van der Waals surface area contributed by atoms with Crippen molar-refractivity contribution in [1.82, 2.24) is 4.98 Å². The minimum Gasteiger partial charge on any atom is -0.244 e. The van der Waals surface area contributed by atoms with Gasteiger partial charge in [-0.25, -0.2) is 13.8 Å². The molecule has 1 heterocycles. The lowest BCUT2D eigenvalue weighted by molar-refractivity contribution is 0.150. The van der Waals surface area contributed by atoms with Gasteiger partial charge in [-0.15, -0.1) is 0 Å². The highest BCUT2D eigenvalue weighted by atomic mass is 127. The molecule has 1 aromatic rings. The van der Waals surface area contributed by atoms with Gasteiger partial charge in [0.2, 0.25) is 0 Å². The van der Waals surface area contributed by atoms with E-state index in [-0.39, 0.29) is 5.56 Å². The molecule has 0 saturated heterocycles. The topological polar surface area (TPSA) is 12.9 Å². The van der Waals surface area contributed by atoms with Crippen molar-refractivity contribution in [3.05, 3.63) is 25.5 Å². The van der Waals surface area contributed by atoms with Crippen molar-refractivity contribution in [2.75, 3.05) is 0 Å². The van der Waals surface area contributed by atoms with Crippen LogP contribution in [0.3, 0.4) is 0 Å². The number of hydrogen-bond acceptors (Lipinski definition) is 1.